The van der Waals surface area contributed by atoms with E-state index in [9.17, 15) is 13.2 Å². The fourth-order valence-corrected chi connectivity index (χ4v) is 3.69. The minimum Gasteiger partial charge on any atom is -0.497 e. The van der Waals surface area contributed by atoms with E-state index in [1.54, 1.807) is 24.3 Å². The predicted molar refractivity (Wildman–Crippen MR) is 104 cm³/mol. The Kier molecular flexibility index (Phi) is 5.92. The third-order valence-electron chi connectivity index (χ3n) is 3.99. The minimum absolute atomic E-state index is 0.308. The molecule has 2 rings (SSSR count). The van der Waals surface area contributed by atoms with E-state index in [0.29, 0.717) is 17.1 Å². The van der Waals surface area contributed by atoms with Crippen LogP contribution in [0.15, 0.2) is 36.4 Å². The molecular formula is C19H24N2O4S. The minimum atomic E-state index is -3.62. The van der Waals surface area contributed by atoms with Crippen LogP contribution in [-0.4, -0.2) is 34.2 Å². The van der Waals surface area contributed by atoms with E-state index in [-0.39, 0.29) is 6.54 Å². The van der Waals surface area contributed by atoms with E-state index in [2.05, 4.69) is 5.32 Å². The number of anilines is 2. The lowest BCUT2D eigenvalue weighted by molar-refractivity contribution is -0.114. The lowest BCUT2D eigenvalue weighted by atomic mass is 10.1. The lowest BCUT2D eigenvalue weighted by Gasteiger charge is -2.22. The van der Waals surface area contributed by atoms with E-state index in [4.69, 9.17) is 4.74 Å². The van der Waals surface area contributed by atoms with Gasteiger partial charge in [0.2, 0.25) is 15.9 Å². The largest absolute Gasteiger partial charge is 0.497 e. The molecule has 0 atom stereocenters. The quantitative estimate of drug-likeness (QED) is 0.841. The number of nitrogens with zero attached hydrogens (tertiary/aromatic N) is 1. The van der Waals surface area contributed by atoms with Crippen molar-refractivity contribution in [3.63, 3.8) is 0 Å². The summed E-state index contributed by atoms with van der Waals surface area (Å²) in [6, 6.07) is 10.5. The molecule has 1 amide bonds. The summed E-state index contributed by atoms with van der Waals surface area (Å²) < 4.78 is 30.5. The van der Waals surface area contributed by atoms with Crippen LogP contribution in [0.2, 0.25) is 0 Å². The van der Waals surface area contributed by atoms with Crippen LogP contribution in [0.5, 0.6) is 5.75 Å². The van der Waals surface area contributed by atoms with Crippen LogP contribution in [0.25, 0.3) is 0 Å². The van der Waals surface area contributed by atoms with E-state index in [1.807, 2.05) is 32.9 Å². The molecule has 0 bridgehead atoms. The van der Waals surface area contributed by atoms with Gasteiger partial charge in [0, 0.05) is 5.69 Å². The number of amides is 1. The fourth-order valence-electron chi connectivity index (χ4n) is 2.84. The van der Waals surface area contributed by atoms with Crippen molar-refractivity contribution >= 4 is 27.3 Å². The maximum atomic E-state index is 12.5. The van der Waals surface area contributed by atoms with Gasteiger partial charge in [0.25, 0.3) is 0 Å². The zero-order valence-corrected chi connectivity index (χ0v) is 16.5. The molecule has 0 fully saturated rings. The highest BCUT2D eigenvalue weighted by molar-refractivity contribution is 7.92. The first kappa shape index (κ1) is 19.8. The molecule has 0 aromatic heterocycles. The number of ether oxygens (including phenoxy) is 1. The van der Waals surface area contributed by atoms with E-state index in [1.165, 1.54) is 7.11 Å². The number of nitrogens with one attached hydrogen (secondary N) is 1. The maximum Gasteiger partial charge on any atom is 0.245 e. The number of hydrogen-bond donors (Lipinski definition) is 1. The number of benzene rings is 2. The summed E-state index contributed by atoms with van der Waals surface area (Å²) in [6.07, 6.45) is 1.08. The third kappa shape index (κ3) is 4.76. The van der Waals surface area contributed by atoms with Gasteiger partial charge in [-0.15, -0.1) is 0 Å². The van der Waals surface area contributed by atoms with Gasteiger partial charge in [-0.3, -0.25) is 9.10 Å². The van der Waals surface area contributed by atoms with Crippen LogP contribution in [0.4, 0.5) is 11.4 Å². The number of sulfonamides is 1. The summed E-state index contributed by atoms with van der Waals surface area (Å²) in [5.41, 5.74) is 4.09. The molecule has 140 valence electrons. The molecule has 0 saturated carbocycles. The Morgan fingerprint density at radius 2 is 1.62 bits per heavy atom. The molecule has 0 radical (unpaired) electrons. The first-order valence-electron chi connectivity index (χ1n) is 8.11. The molecule has 6 nitrogen and oxygen atoms in total. The average molecular weight is 376 g/mol. The molecule has 26 heavy (non-hydrogen) atoms. The second-order valence-corrected chi connectivity index (χ2v) is 8.20. The van der Waals surface area contributed by atoms with Gasteiger partial charge in [0.1, 0.15) is 12.3 Å². The lowest BCUT2D eigenvalue weighted by Crippen LogP contribution is -2.37. The number of methoxy groups -OCH3 is 1. The summed E-state index contributed by atoms with van der Waals surface area (Å²) in [5, 5.41) is 2.83. The van der Waals surface area contributed by atoms with Gasteiger partial charge in [-0.2, -0.15) is 0 Å². The molecule has 0 aliphatic heterocycles. The van der Waals surface area contributed by atoms with Crippen molar-refractivity contribution in [2.75, 3.05) is 29.5 Å². The van der Waals surface area contributed by atoms with Crippen molar-refractivity contribution in [3.05, 3.63) is 53.1 Å². The summed E-state index contributed by atoms with van der Waals surface area (Å²) in [4.78, 5) is 12.5. The SMILES string of the molecule is COc1ccc(N(CC(=O)Nc2c(C)cc(C)cc2C)S(C)(=O)=O)cc1. The van der Waals surface area contributed by atoms with Crippen molar-refractivity contribution in [3.8, 4) is 5.75 Å². The highest BCUT2D eigenvalue weighted by Crippen LogP contribution is 2.24. The molecular weight excluding hydrogens is 352 g/mol. The zero-order valence-electron chi connectivity index (χ0n) is 15.7. The topological polar surface area (TPSA) is 75.7 Å². The second kappa shape index (κ2) is 7.78. The Morgan fingerprint density at radius 1 is 1.08 bits per heavy atom. The van der Waals surface area contributed by atoms with E-state index >= 15 is 0 Å². The second-order valence-electron chi connectivity index (χ2n) is 6.29. The molecule has 7 heteroatoms. The zero-order chi connectivity index (χ0) is 19.5. The first-order chi connectivity index (χ1) is 12.1. The first-order valence-corrected chi connectivity index (χ1v) is 9.96. The van der Waals surface area contributed by atoms with Gasteiger partial charge < -0.3 is 10.1 Å². The molecule has 2 aromatic rings. The van der Waals surface area contributed by atoms with Crippen LogP contribution in [0, 0.1) is 20.8 Å². The van der Waals surface area contributed by atoms with Gasteiger partial charge in [-0.25, -0.2) is 8.42 Å². The molecule has 2 aromatic carbocycles. The molecule has 0 aliphatic carbocycles. The van der Waals surface area contributed by atoms with Gasteiger partial charge in [0.05, 0.1) is 19.1 Å². The Hall–Kier alpha value is -2.54. The van der Waals surface area contributed by atoms with Crippen LogP contribution in [0.1, 0.15) is 16.7 Å². The molecule has 1 N–H and O–H groups in total. The molecule has 0 spiro atoms. The summed E-state index contributed by atoms with van der Waals surface area (Å²) in [6.45, 7) is 5.50. The number of carbonyl (C=O) groups excluding carboxylic acids is 1. The predicted octanol–water partition coefficient (Wildman–Crippen LogP) is 3.03. The maximum absolute atomic E-state index is 12.5. The molecule has 0 aliphatic rings. The normalized spacial score (nSPS) is 11.1. The fraction of sp³-hybridized carbons (Fsp3) is 0.316. The molecule has 0 saturated heterocycles. The number of carbonyl (C=O) groups is 1. The van der Waals surface area contributed by atoms with Crippen molar-refractivity contribution in [1.82, 2.24) is 0 Å². The van der Waals surface area contributed by atoms with E-state index < -0.39 is 15.9 Å². The Balaban J connectivity index is 2.25. The number of rotatable bonds is 6. The van der Waals surface area contributed by atoms with Gasteiger partial charge in [0.15, 0.2) is 0 Å². The van der Waals surface area contributed by atoms with Gasteiger partial charge in [-0.05, 0) is 56.2 Å². The summed E-state index contributed by atoms with van der Waals surface area (Å²) in [5.74, 6) is 0.207. The average Bonchev–Trinajstić information content (AvgIpc) is 2.55. The summed E-state index contributed by atoms with van der Waals surface area (Å²) >= 11 is 0. The molecule has 0 unspecified atom stereocenters. The van der Waals surface area contributed by atoms with Crippen molar-refractivity contribution in [2.24, 2.45) is 0 Å². The van der Waals surface area contributed by atoms with Crippen molar-refractivity contribution in [2.45, 2.75) is 20.8 Å². The van der Waals surface area contributed by atoms with E-state index in [0.717, 1.165) is 27.3 Å². The van der Waals surface area contributed by atoms with Gasteiger partial charge in [-0.1, -0.05) is 17.7 Å². The number of hydrogen-bond acceptors (Lipinski definition) is 4. The van der Waals surface area contributed by atoms with Crippen molar-refractivity contribution < 1.29 is 17.9 Å². The highest BCUT2D eigenvalue weighted by Gasteiger charge is 2.21. The molecule has 0 heterocycles. The van der Waals surface area contributed by atoms with Crippen LogP contribution >= 0.6 is 0 Å². The summed E-state index contributed by atoms with van der Waals surface area (Å²) in [7, 11) is -2.09. The Morgan fingerprint density at radius 3 is 2.08 bits per heavy atom. The van der Waals surface area contributed by atoms with Crippen LogP contribution in [-0.2, 0) is 14.8 Å². The Bertz CT molecular complexity index is 883. The highest BCUT2D eigenvalue weighted by atomic mass is 32.2. The van der Waals surface area contributed by atoms with Crippen LogP contribution < -0.4 is 14.4 Å². The smallest absolute Gasteiger partial charge is 0.245 e. The van der Waals surface area contributed by atoms with Crippen molar-refractivity contribution in [1.29, 1.82) is 0 Å². The Labute approximate surface area is 154 Å². The number of aryl methyl sites for hydroxylation is 3. The third-order valence-corrected chi connectivity index (χ3v) is 5.13. The van der Waals surface area contributed by atoms with Gasteiger partial charge >= 0.3 is 0 Å². The monoisotopic (exact) mass is 376 g/mol. The van der Waals surface area contributed by atoms with Crippen LogP contribution in [0.3, 0.4) is 0 Å². The standard InChI is InChI=1S/C19H24N2O4S/c1-13-10-14(2)19(15(3)11-13)20-18(22)12-21(26(5,23)24)16-6-8-17(25-4)9-7-16/h6-11H,12H2,1-5H3,(H,20,22).